The van der Waals surface area contributed by atoms with E-state index in [0.717, 1.165) is 0 Å². The lowest BCUT2D eigenvalue weighted by Gasteiger charge is -1.98. The van der Waals surface area contributed by atoms with Gasteiger partial charge in [0.25, 0.3) is 0 Å². The summed E-state index contributed by atoms with van der Waals surface area (Å²) >= 11 is 5.58. The zero-order valence-electron chi connectivity index (χ0n) is 5.18. The molecule has 0 radical (unpaired) electrons. The van der Waals surface area contributed by atoms with Crippen molar-refractivity contribution in [3.63, 3.8) is 0 Å². The first-order valence-electron chi connectivity index (χ1n) is 2.77. The van der Waals surface area contributed by atoms with Crippen LogP contribution in [0.25, 0.3) is 0 Å². The highest BCUT2D eigenvalue weighted by Crippen LogP contribution is 2.16. The Morgan fingerprint density at radius 2 is 2.30 bits per heavy atom. The minimum absolute atomic E-state index is 0.454. The second-order valence-electron chi connectivity index (χ2n) is 1.71. The molecule has 0 heterocycles. The van der Waals surface area contributed by atoms with Gasteiger partial charge >= 0.3 is 0 Å². The van der Waals surface area contributed by atoms with Crippen LogP contribution in [0, 0.1) is 0 Å². The van der Waals surface area contributed by atoms with Gasteiger partial charge in [-0.05, 0) is 18.2 Å². The molecule has 0 N–H and O–H groups in total. The summed E-state index contributed by atoms with van der Waals surface area (Å²) in [4.78, 5) is 0. The first kappa shape index (κ1) is 7.35. The summed E-state index contributed by atoms with van der Waals surface area (Å²) in [7, 11) is 0. The fourth-order valence-electron chi connectivity index (χ4n) is 0.620. The molecule has 0 unspecified atom stereocenters. The molecule has 0 saturated carbocycles. The summed E-state index contributed by atoms with van der Waals surface area (Å²) in [5.41, 5.74) is 0. The summed E-state index contributed by atoms with van der Waals surface area (Å²) in [5.74, 6) is 0.454. The van der Waals surface area contributed by atoms with Crippen LogP contribution in [0.2, 0.25) is 5.02 Å². The zero-order chi connectivity index (χ0) is 7.40. The maximum absolute atomic E-state index is 11.5. The molecule has 1 aromatic carbocycles. The second-order valence-corrected chi connectivity index (χ2v) is 2.15. The lowest BCUT2D eigenvalue weighted by molar-refractivity contribution is 0.192. The number of ether oxygens (including phenoxy) is 1. The van der Waals surface area contributed by atoms with Crippen LogP contribution in [0.1, 0.15) is 0 Å². The normalized spacial score (nSPS) is 9.40. The first-order valence-corrected chi connectivity index (χ1v) is 3.15. The third kappa shape index (κ3) is 1.88. The molecule has 1 aromatic rings. The molecule has 0 fully saturated rings. The van der Waals surface area contributed by atoms with E-state index in [0.29, 0.717) is 10.8 Å². The zero-order valence-corrected chi connectivity index (χ0v) is 5.94. The molecule has 0 aliphatic carbocycles. The van der Waals surface area contributed by atoms with Crippen LogP contribution in [0.15, 0.2) is 24.3 Å². The topological polar surface area (TPSA) is 9.23 Å². The molecule has 0 spiro atoms. The van der Waals surface area contributed by atoms with Gasteiger partial charge in [0.05, 0.1) is 0 Å². The lowest BCUT2D eigenvalue weighted by Crippen LogP contribution is -1.88. The largest absolute Gasteiger partial charge is 0.463 e. The molecule has 1 rings (SSSR count). The van der Waals surface area contributed by atoms with Gasteiger partial charge in [-0.25, -0.2) is 4.39 Å². The highest BCUT2D eigenvalue weighted by molar-refractivity contribution is 6.30. The van der Waals surface area contributed by atoms with Crippen LogP contribution in [0.5, 0.6) is 5.75 Å². The first-order chi connectivity index (χ1) is 4.83. The predicted molar refractivity (Wildman–Crippen MR) is 38.1 cm³/mol. The number of benzene rings is 1. The van der Waals surface area contributed by atoms with Gasteiger partial charge in [0.2, 0.25) is 6.86 Å². The van der Waals surface area contributed by atoms with E-state index in [-0.39, 0.29) is 0 Å². The molecule has 0 aromatic heterocycles. The Kier molecular flexibility index (Phi) is 2.51. The fourth-order valence-corrected chi connectivity index (χ4v) is 0.800. The van der Waals surface area contributed by atoms with E-state index in [1.807, 2.05) is 0 Å². The third-order valence-electron chi connectivity index (χ3n) is 1.02. The van der Waals surface area contributed by atoms with Crippen molar-refractivity contribution in [1.82, 2.24) is 0 Å². The molecule has 0 aliphatic heterocycles. The second kappa shape index (κ2) is 3.42. The van der Waals surface area contributed by atoms with Crippen LogP contribution < -0.4 is 4.74 Å². The van der Waals surface area contributed by atoms with Gasteiger partial charge < -0.3 is 4.74 Å². The van der Waals surface area contributed by atoms with Gasteiger partial charge in [-0.1, -0.05) is 17.7 Å². The average Bonchev–Trinajstić information content (AvgIpc) is 1.88. The van der Waals surface area contributed by atoms with Crippen molar-refractivity contribution in [3.8, 4) is 5.75 Å². The Bertz CT molecular complexity index is 215. The Balaban J connectivity index is 2.75. The van der Waals surface area contributed by atoms with Crippen LogP contribution in [0.3, 0.4) is 0 Å². The third-order valence-corrected chi connectivity index (χ3v) is 1.25. The van der Waals surface area contributed by atoms with Crippen LogP contribution in [-0.2, 0) is 0 Å². The summed E-state index contributed by atoms with van der Waals surface area (Å²) in [5, 5.41) is 0.547. The van der Waals surface area contributed by atoms with Crippen molar-refractivity contribution in [1.29, 1.82) is 0 Å². The van der Waals surface area contributed by atoms with Crippen molar-refractivity contribution in [2.75, 3.05) is 6.86 Å². The highest BCUT2D eigenvalue weighted by atomic mass is 35.5. The number of rotatable bonds is 2. The lowest BCUT2D eigenvalue weighted by atomic mass is 10.3. The summed E-state index contributed by atoms with van der Waals surface area (Å²) < 4.78 is 16.1. The Labute approximate surface area is 63.4 Å². The van der Waals surface area contributed by atoms with E-state index in [1.165, 1.54) is 0 Å². The molecule has 1 nitrogen and oxygen atoms in total. The predicted octanol–water partition coefficient (Wildman–Crippen LogP) is 2.65. The number of hydrogen-bond acceptors (Lipinski definition) is 1. The van der Waals surface area contributed by atoms with E-state index in [1.54, 1.807) is 24.3 Å². The van der Waals surface area contributed by atoms with Crippen molar-refractivity contribution in [3.05, 3.63) is 29.3 Å². The summed E-state index contributed by atoms with van der Waals surface area (Å²) in [6.07, 6.45) is 0. The monoisotopic (exact) mass is 160 g/mol. The van der Waals surface area contributed by atoms with Gasteiger partial charge in [0, 0.05) is 5.02 Å². The van der Waals surface area contributed by atoms with Crippen LogP contribution in [-0.4, -0.2) is 6.86 Å². The Hall–Kier alpha value is -0.760. The summed E-state index contributed by atoms with van der Waals surface area (Å²) in [6, 6.07) is 6.60. The molecular formula is C7H6ClFO. The molecule has 0 atom stereocenters. The quantitative estimate of drug-likeness (QED) is 0.646. The van der Waals surface area contributed by atoms with Crippen molar-refractivity contribution in [2.24, 2.45) is 0 Å². The number of halogens is 2. The van der Waals surface area contributed by atoms with Crippen LogP contribution in [0.4, 0.5) is 4.39 Å². The smallest absolute Gasteiger partial charge is 0.228 e. The van der Waals surface area contributed by atoms with Crippen molar-refractivity contribution >= 4 is 11.6 Å². The van der Waals surface area contributed by atoms with Gasteiger partial charge in [-0.15, -0.1) is 0 Å². The van der Waals surface area contributed by atoms with E-state index in [2.05, 4.69) is 4.74 Å². The average molecular weight is 161 g/mol. The minimum atomic E-state index is -0.819. The SMILES string of the molecule is FCOc1cccc(Cl)c1. The van der Waals surface area contributed by atoms with Crippen molar-refractivity contribution < 1.29 is 9.13 Å². The number of alkyl halides is 1. The molecule has 0 saturated heterocycles. The Morgan fingerprint density at radius 1 is 1.50 bits per heavy atom. The minimum Gasteiger partial charge on any atom is -0.463 e. The standard InChI is InChI=1S/C7H6ClFO/c8-6-2-1-3-7(4-6)10-5-9/h1-4H,5H2. The van der Waals surface area contributed by atoms with Gasteiger partial charge in [0.15, 0.2) is 0 Å². The molecule has 54 valence electrons. The maximum Gasteiger partial charge on any atom is 0.228 e. The van der Waals surface area contributed by atoms with E-state index >= 15 is 0 Å². The van der Waals surface area contributed by atoms with E-state index in [4.69, 9.17) is 11.6 Å². The maximum atomic E-state index is 11.5. The highest BCUT2D eigenvalue weighted by Gasteiger charge is 1.91. The Morgan fingerprint density at radius 3 is 2.90 bits per heavy atom. The molecule has 0 amide bonds. The molecule has 0 aliphatic rings. The van der Waals surface area contributed by atoms with Gasteiger partial charge in [0.1, 0.15) is 5.75 Å². The van der Waals surface area contributed by atoms with E-state index in [9.17, 15) is 4.39 Å². The molecule has 3 heteroatoms. The molecular weight excluding hydrogens is 155 g/mol. The van der Waals surface area contributed by atoms with Gasteiger partial charge in [-0.3, -0.25) is 0 Å². The molecule has 0 bridgehead atoms. The fraction of sp³-hybridized carbons (Fsp3) is 0.143. The van der Waals surface area contributed by atoms with Crippen molar-refractivity contribution in [2.45, 2.75) is 0 Å². The van der Waals surface area contributed by atoms with E-state index < -0.39 is 6.86 Å². The number of hydrogen-bond donors (Lipinski definition) is 0. The molecule has 10 heavy (non-hydrogen) atoms. The van der Waals surface area contributed by atoms with Crippen LogP contribution >= 0.6 is 11.6 Å². The van der Waals surface area contributed by atoms with Gasteiger partial charge in [-0.2, -0.15) is 0 Å². The summed E-state index contributed by atoms with van der Waals surface area (Å²) in [6.45, 7) is -0.819.